The van der Waals surface area contributed by atoms with E-state index in [1.165, 1.54) is 0 Å². The monoisotopic (exact) mass is 411 g/mol. The smallest absolute Gasteiger partial charge is 0.325 e. The number of carbonyl (C=O) groups is 3. The number of imidazole rings is 1. The SMILES string of the molecule is CCc1nc2cc(NC(=O)CN3C(=O)N[C@@]4(CCCC[C@@H]4C)C3=O)ccc2n1CC. The molecule has 8 nitrogen and oxygen atoms in total. The molecule has 30 heavy (non-hydrogen) atoms. The molecule has 2 fully saturated rings. The fraction of sp³-hybridized carbons (Fsp3) is 0.545. The average Bonchev–Trinajstić information content (AvgIpc) is 3.20. The summed E-state index contributed by atoms with van der Waals surface area (Å²) in [7, 11) is 0. The summed E-state index contributed by atoms with van der Waals surface area (Å²) in [6.45, 7) is 6.68. The number of urea groups is 1. The summed E-state index contributed by atoms with van der Waals surface area (Å²) in [6, 6.07) is 5.11. The van der Waals surface area contributed by atoms with Crippen molar-refractivity contribution in [3.63, 3.8) is 0 Å². The number of amides is 4. The van der Waals surface area contributed by atoms with Crippen molar-refractivity contribution >= 4 is 34.6 Å². The number of carbonyl (C=O) groups excluding carboxylic acids is 3. The van der Waals surface area contributed by atoms with Crippen molar-refractivity contribution in [2.75, 3.05) is 11.9 Å². The second-order valence-corrected chi connectivity index (χ2v) is 8.32. The number of nitrogens with zero attached hydrogens (tertiary/aromatic N) is 3. The third-order valence-corrected chi connectivity index (χ3v) is 6.55. The van der Waals surface area contributed by atoms with E-state index in [2.05, 4.69) is 34.0 Å². The Balaban J connectivity index is 1.48. The molecule has 8 heteroatoms. The van der Waals surface area contributed by atoms with Crippen LogP contribution in [0.2, 0.25) is 0 Å². The lowest BCUT2D eigenvalue weighted by atomic mass is 9.73. The average molecular weight is 412 g/mol. The van der Waals surface area contributed by atoms with Crippen molar-refractivity contribution in [3.05, 3.63) is 24.0 Å². The summed E-state index contributed by atoms with van der Waals surface area (Å²) < 4.78 is 2.15. The van der Waals surface area contributed by atoms with Gasteiger partial charge in [0.05, 0.1) is 11.0 Å². The van der Waals surface area contributed by atoms with Gasteiger partial charge in [0, 0.05) is 18.7 Å². The van der Waals surface area contributed by atoms with Gasteiger partial charge < -0.3 is 15.2 Å². The maximum absolute atomic E-state index is 13.0. The lowest BCUT2D eigenvalue weighted by molar-refractivity contribution is -0.136. The van der Waals surface area contributed by atoms with Crippen molar-refractivity contribution in [1.82, 2.24) is 19.8 Å². The van der Waals surface area contributed by atoms with E-state index in [-0.39, 0.29) is 18.4 Å². The highest BCUT2D eigenvalue weighted by Crippen LogP contribution is 2.38. The zero-order chi connectivity index (χ0) is 21.5. The fourth-order valence-electron chi connectivity index (χ4n) is 4.86. The molecule has 2 atom stereocenters. The van der Waals surface area contributed by atoms with E-state index < -0.39 is 17.5 Å². The number of rotatable bonds is 5. The summed E-state index contributed by atoms with van der Waals surface area (Å²) in [5, 5.41) is 5.69. The zero-order valence-corrected chi connectivity index (χ0v) is 17.8. The molecule has 4 amide bonds. The van der Waals surface area contributed by atoms with Crippen molar-refractivity contribution in [2.24, 2.45) is 5.92 Å². The number of hydrogen-bond donors (Lipinski definition) is 2. The first-order valence-electron chi connectivity index (χ1n) is 10.8. The van der Waals surface area contributed by atoms with Gasteiger partial charge in [-0.15, -0.1) is 0 Å². The molecule has 0 radical (unpaired) electrons. The number of hydrogen-bond acceptors (Lipinski definition) is 4. The maximum Gasteiger partial charge on any atom is 0.325 e. The molecule has 2 N–H and O–H groups in total. The van der Waals surface area contributed by atoms with Crippen LogP contribution in [0.5, 0.6) is 0 Å². The van der Waals surface area contributed by atoms with Gasteiger partial charge in [0.15, 0.2) is 0 Å². The second kappa shape index (κ2) is 7.74. The highest BCUT2D eigenvalue weighted by atomic mass is 16.2. The number of nitrogens with one attached hydrogen (secondary N) is 2. The Kier molecular flexibility index (Phi) is 5.26. The molecule has 1 saturated carbocycles. The van der Waals surface area contributed by atoms with Crippen molar-refractivity contribution in [3.8, 4) is 0 Å². The van der Waals surface area contributed by atoms with Crippen LogP contribution in [-0.4, -0.2) is 44.4 Å². The van der Waals surface area contributed by atoms with Crippen LogP contribution in [0.3, 0.4) is 0 Å². The van der Waals surface area contributed by atoms with Gasteiger partial charge in [0.1, 0.15) is 17.9 Å². The van der Waals surface area contributed by atoms with Gasteiger partial charge >= 0.3 is 6.03 Å². The molecule has 160 valence electrons. The molecule has 1 aliphatic carbocycles. The number of aromatic nitrogens is 2. The van der Waals surface area contributed by atoms with Gasteiger partial charge in [-0.1, -0.05) is 26.7 Å². The van der Waals surface area contributed by atoms with Crippen molar-refractivity contribution in [1.29, 1.82) is 0 Å². The molecule has 1 saturated heterocycles. The first kappa shape index (κ1) is 20.4. The summed E-state index contributed by atoms with van der Waals surface area (Å²) in [4.78, 5) is 43.8. The predicted octanol–water partition coefficient (Wildman–Crippen LogP) is 3.06. The van der Waals surface area contributed by atoms with Crippen LogP contribution >= 0.6 is 0 Å². The van der Waals surface area contributed by atoms with E-state index in [9.17, 15) is 14.4 Å². The number of fused-ring (bicyclic) bond motifs is 1. The maximum atomic E-state index is 13.0. The lowest BCUT2D eigenvalue weighted by Crippen LogP contribution is -2.54. The Morgan fingerprint density at radius 1 is 1.30 bits per heavy atom. The highest BCUT2D eigenvalue weighted by Gasteiger charge is 2.55. The Morgan fingerprint density at radius 2 is 2.10 bits per heavy atom. The molecule has 1 spiro atoms. The van der Waals surface area contributed by atoms with Gasteiger partial charge in [-0.2, -0.15) is 0 Å². The van der Waals surface area contributed by atoms with E-state index in [1.807, 2.05) is 25.1 Å². The number of imide groups is 1. The molecule has 0 bridgehead atoms. The minimum atomic E-state index is -0.849. The van der Waals surface area contributed by atoms with Gasteiger partial charge in [0.25, 0.3) is 5.91 Å². The van der Waals surface area contributed by atoms with E-state index in [4.69, 9.17) is 0 Å². The van der Waals surface area contributed by atoms with Crippen LogP contribution in [0.25, 0.3) is 11.0 Å². The third kappa shape index (κ3) is 3.24. The Labute approximate surface area is 176 Å². The normalized spacial score (nSPS) is 24.0. The fourth-order valence-corrected chi connectivity index (χ4v) is 4.86. The number of anilines is 1. The lowest BCUT2D eigenvalue weighted by Gasteiger charge is -2.36. The van der Waals surface area contributed by atoms with Crippen LogP contribution in [0.1, 0.15) is 52.3 Å². The molecular formula is C22H29N5O3. The Hall–Kier alpha value is -2.90. The third-order valence-electron chi connectivity index (χ3n) is 6.55. The van der Waals surface area contributed by atoms with Gasteiger partial charge in [0.2, 0.25) is 5.91 Å². The largest absolute Gasteiger partial charge is 0.328 e. The predicted molar refractivity (Wildman–Crippen MR) is 114 cm³/mol. The summed E-state index contributed by atoms with van der Waals surface area (Å²) in [5.41, 5.74) is 1.59. The van der Waals surface area contributed by atoms with E-state index >= 15 is 0 Å². The first-order valence-corrected chi connectivity index (χ1v) is 10.8. The summed E-state index contributed by atoms with van der Waals surface area (Å²) in [5.74, 6) is 0.394. The van der Waals surface area contributed by atoms with Crippen molar-refractivity contribution in [2.45, 2.75) is 65.0 Å². The molecule has 0 unspecified atom stereocenters. The molecule has 2 aliphatic rings. The van der Waals surface area contributed by atoms with Gasteiger partial charge in [-0.3, -0.25) is 14.5 Å². The first-order chi connectivity index (χ1) is 14.4. The molecule has 2 heterocycles. The Bertz CT molecular complexity index is 1010. The van der Waals surface area contributed by atoms with E-state index in [0.717, 1.165) is 54.0 Å². The minimum absolute atomic E-state index is 0.0691. The molecule has 1 aromatic carbocycles. The summed E-state index contributed by atoms with van der Waals surface area (Å²) in [6.07, 6.45) is 4.32. The van der Waals surface area contributed by atoms with Gasteiger partial charge in [-0.25, -0.2) is 9.78 Å². The second-order valence-electron chi connectivity index (χ2n) is 8.32. The van der Waals surface area contributed by atoms with E-state index in [0.29, 0.717) is 12.1 Å². The van der Waals surface area contributed by atoms with Crippen molar-refractivity contribution < 1.29 is 14.4 Å². The number of aryl methyl sites for hydroxylation is 2. The molecule has 1 aromatic heterocycles. The minimum Gasteiger partial charge on any atom is -0.328 e. The van der Waals surface area contributed by atoms with E-state index in [1.54, 1.807) is 0 Å². The van der Waals surface area contributed by atoms with Gasteiger partial charge in [-0.05, 0) is 43.9 Å². The van der Waals surface area contributed by atoms with Crippen LogP contribution in [0.15, 0.2) is 18.2 Å². The Morgan fingerprint density at radius 3 is 2.80 bits per heavy atom. The quantitative estimate of drug-likeness (QED) is 0.739. The number of benzene rings is 1. The molecule has 1 aliphatic heterocycles. The van der Waals surface area contributed by atoms with Crippen LogP contribution in [0.4, 0.5) is 10.5 Å². The van der Waals surface area contributed by atoms with Crippen LogP contribution in [-0.2, 0) is 22.6 Å². The highest BCUT2D eigenvalue weighted by molar-refractivity contribution is 6.10. The molecule has 4 rings (SSSR count). The molecular weight excluding hydrogens is 382 g/mol. The van der Waals surface area contributed by atoms with Crippen LogP contribution in [0, 0.1) is 5.92 Å². The topological polar surface area (TPSA) is 96.3 Å². The summed E-state index contributed by atoms with van der Waals surface area (Å²) >= 11 is 0. The standard InChI is InChI=1S/C22H29N5O3/c1-4-18-24-16-12-15(9-10-17(16)26(18)5-2)23-19(28)13-27-20(29)22(25-21(27)30)11-7-6-8-14(22)3/h9-10,12,14H,4-8,11,13H2,1-3H3,(H,23,28)(H,25,30)/t14-,22+/m0/s1. The zero-order valence-electron chi connectivity index (χ0n) is 17.8. The molecule has 2 aromatic rings. The van der Waals surface area contributed by atoms with Crippen LogP contribution < -0.4 is 10.6 Å².